The molecule has 1 fully saturated rings. The molecule has 0 N–H and O–H groups in total. The van der Waals surface area contributed by atoms with Crippen molar-refractivity contribution in [1.82, 2.24) is 0 Å². The van der Waals surface area contributed by atoms with Gasteiger partial charge in [0, 0.05) is 5.25 Å². The minimum atomic E-state index is 0.229. The van der Waals surface area contributed by atoms with Crippen LogP contribution in [0.4, 0.5) is 0 Å². The van der Waals surface area contributed by atoms with Gasteiger partial charge in [-0.15, -0.1) is 0 Å². The van der Waals surface area contributed by atoms with Gasteiger partial charge >= 0.3 is 0 Å². The summed E-state index contributed by atoms with van der Waals surface area (Å²) < 4.78 is 10.4. The quantitative estimate of drug-likeness (QED) is 0.494. The van der Waals surface area contributed by atoms with Gasteiger partial charge in [-0.25, -0.2) is 0 Å². The summed E-state index contributed by atoms with van der Waals surface area (Å²) in [6, 6.07) is 0. The summed E-state index contributed by atoms with van der Waals surface area (Å²) in [5, 5.41) is 0.304. The molecule has 0 spiro atoms. The van der Waals surface area contributed by atoms with Crippen molar-refractivity contribution in [3.63, 3.8) is 0 Å². The first kappa shape index (κ1) is 8.37. The Labute approximate surface area is 67.3 Å². The first-order valence-electron chi connectivity index (χ1n) is 3.61. The van der Waals surface area contributed by atoms with Gasteiger partial charge in [-0.1, -0.05) is 6.92 Å². The molecule has 0 bridgehead atoms. The molecule has 0 radical (unpaired) electrons. The van der Waals surface area contributed by atoms with Gasteiger partial charge in [0.15, 0.2) is 0 Å². The maximum Gasteiger partial charge on any atom is 0.104 e. The maximum atomic E-state index is 5.43. The van der Waals surface area contributed by atoms with Crippen molar-refractivity contribution in [2.24, 2.45) is 0 Å². The Balaban J connectivity index is 1.99. The summed E-state index contributed by atoms with van der Waals surface area (Å²) in [5.41, 5.74) is 0. The molecular formula is C7H14O2S. The van der Waals surface area contributed by atoms with Crippen molar-refractivity contribution >= 4 is 12.6 Å². The summed E-state index contributed by atoms with van der Waals surface area (Å²) >= 11 is 4.25. The molecule has 2 nitrogen and oxygen atoms in total. The fourth-order valence-electron chi connectivity index (χ4n) is 0.563. The van der Waals surface area contributed by atoms with Crippen molar-refractivity contribution in [3.8, 4) is 0 Å². The van der Waals surface area contributed by atoms with Crippen LogP contribution >= 0.6 is 12.6 Å². The van der Waals surface area contributed by atoms with E-state index in [0.29, 0.717) is 11.4 Å². The van der Waals surface area contributed by atoms with Crippen LogP contribution in [0.2, 0.25) is 0 Å². The maximum absolute atomic E-state index is 5.43. The average molecular weight is 162 g/mol. The Hall–Kier alpha value is 0.270. The van der Waals surface area contributed by atoms with Gasteiger partial charge < -0.3 is 9.47 Å². The predicted octanol–water partition coefficient (Wildman–Crippen LogP) is 1.11. The molecule has 3 atom stereocenters. The Morgan fingerprint density at radius 3 is 2.70 bits per heavy atom. The van der Waals surface area contributed by atoms with E-state index in [1.165, 1.54) is 0 Å². The van der Waals surface area contributed by atoms with E-state index >= 15 is 0 Å². The van der Waals surface area contributed by atoms with Crippen molar-refractivity contribution in [2.75, 3.05) is 13.2 Å². The van der Waals surface area contributed by atoms with E-state index in [9.17, 15) is 0 Å². The third kappa shape index (κ3) is 2.90. The van der Waals surface area contributed by atoms with E-state index in [-0.39, 0.29) is 6.10 Å². The van der Waals surface area contributed by atoms with Gasteiger partial charge in [-0.2, -0.15) is 12.6 Å². The molecule has 0 amide bonds. The van der Waals surface area contributed by atoms with Crippen molar-refractivity contribution in [1.29, 1.82) is 0 Å². The summed E-state index contributed by atoms with van der Waals surface area (Å²) in [6.07, 6.45) is 0.599. The molecule has 1 heterocycles. The summed E-state index contributed by atoms with van der Waals surface area (Å²) in [6.45, 7) is 5.65. The molecule has 1 aliphatic rings. The molecule has 0 aliphatic carbocycles. The predicted molar refractivity (Wildman–Crippen MR) is 43.6 cm³/mol. The van der Waals surface area contributed by atoms with Gasteiger partial charge in [0.05, 0.1) is 19.3 Å². The second kappa shape index (κ2) is 3.60. The largest absolute Gasteiger partial charge is 0.375 e. The van der Waals surface area contributed by atoms with E-state index in [4.69, 9.17) is 9.47 Å². The monoisotopic (exact) mass is 162 g/mol. The number of epoxide rings is 1. The molecule has 3 unspecified atom stereocenters. The lowest BCUT2D eigenvalue weighted by Gasteiger charge is -2.14. The Kier molecular flexibility index (Phi) is 3.01. The Morgan fingerprint density at radius 2 is 2.30 bits per heavy atom. The first-order valence-corrected chi connectivity index (χ1v) is 4.13. The highest BCUT2D eigenvalue weighted by Crippen LogP contribution is 2.12. The zero-order valence-corrected chi connectivity index (χ0v) is 7.30. The van der Waals surface area contributed by atoms with E-state index in [1.807, 2.05) is 13.8 Å². The lowest BCUT2D eigenvalue weighted by Crippen LogP contribution is -2.20. The van der Waals surface area contributed by atoms with E-state index < -0.39 is 0 Å². The molecule has 1 saturated heterocycles. The minimum Gasteiger partial charge on any atom is -0.375 e. The highest BCUT2D eigenvalue weighted by molar-refractivity contribution is 7.81. The van der Waals surface area contributed by atoms with Crippen LogP contribution in [-0.4, -0.2) is 30.7 Å². The SMILES string of the molecule is CC(S)C(C)OCC1CO1. The Bertz CT molecular complexity index is 102. The highest BCUT2D eigenvalue weighted by atomic mass is 32.1. The molecule has 1 rings (SSSR count). The minimum absolute atomic E-state index is 0.229. The third-order valence-electron chi connectivity index (χ3n) is 1.63. The van der Waals surface area contributed by atoms with Crippen LogP contribution in [0, 0.1) is 0 Å². The summed E-state index contributed by atoms with van der Waals surface area (Å²) in [4.78, 5) is 0. The fourth-order valence-corrected chi connectivity index (χ4v) is 0.649. The van der Waals surface area contributed by atoms with Gasteiger partial charge in [0.2, 0.25) is 0 Å². The second-order valence-corrected chi connectivity index (χ2v) is 3.55. The highest BCUT2D eigenvalue weighted by Gasteiger charge is 2.23. The molecule has 10 heavy (non-hydrogen) atoms. The topological polar surface area (TPSA) is 21.8 Å². The standard InChI is InChI=1S/C7H14O2S/c1-5(6(2)10)8-3-7-4-9-7/h5-7,10H,3-4H2,1-2H3. The molecular weight excluding hydrogens is 148 g/mol. The number of hydrogen-bond donors (Lipinski definition) is 1. The molecule has 0 aromatic carbocycles. The fraction of sp³-hybridized carbons (Fsp3) is 1.00. The van der Waals surface area contributed by atoms with E-state index in [1.54, 1.807) is 0 Å². The van der Waals surface area contributed by atoms with Crippen LogP contribution in [0.1, 0.15) is 13.8 Å². The van der Waals surface area contributed by atoms with Crippen molar-refractivity contribution in [3.05, 3.63) is 0 Å². The van der Waals surface area contributed by atoms with Crippen LogP contribution in [0.3, 0.4) is 0 Å². The van der Waals surface area contributed by atoms with Gasteiger partial charge in [-0.3, -0.25) is 0 Å². The van der Waals surface area contributed by atoms with Crippen LogP contribution < -0.4 is 0 Å². The van der Waals surface area contributed by atoms with Crippen LogP contribution in [-0.2, 0) is 9.47 Å². The molecule has 0 aromatic rings. The average Bonchev–Trinajstić information content (AvgIpc) is 2.64. The summed E-state index contributed by atoms with van der Waals surface area (Å²) in [7, 11) is 0. The first-order chi connectivity index (χ1) is 4.70. The van der Waals surface area contributed by atoms with Crippen LogP contribution in [0.15, 0.2) is 0 Å². The molecule has 0 saturated carbocycles. The Morgan fingerprint density at radius 1 is 1.70 bits per heavy atom. The van der Waals surface area contributed by atoms with E-state index in [2.05, 4.69) is 12.6 Å². The zero-order chi connectivity index (χ0) is 7.56. The summed E-state index contributed by atoms with van der Waals surface area (Å²) in [5.74, 6) is 0. The van der Waals surface area contributed by atoms with Gasteiger partial charge in [0.25, 0.3) is 0 Å². The third-order valence-corrected chi connectivity index (χ3v) is 2.05. The van der Waals surface area contributed by atoms with Gasteiger partial charge in [0.1, 0.15) is 6.10 Å². The second-order valence-electron chi connectivity index (χ2n) is 2.73. The van der Waals surface area contributed by atoms with Crippen molar-refractivity contribution < 1.29 is 9.47 Å². The molecule has 60 valence electrons. The number of ether oxygens (including phenoxy) is 2. The number of hydrogen-bond acceptors (Lipinski definition) is 3. The molecule has 1 aliphatic heterocycles. The number of rotatable bonds is 4. The van der Waals surface area contributed by atoms with Crippen molar-refractivity contribution in [2.45, 2.75) is 31.3 Å². The van der Waals surface area contributed by atoms with E-state index in [0.717, 1.165) is 13.2 Å². The lowest BCUT2D eigenvalue weighted by molar-refractivity contribution is 0.0561. The lowest BCUT2D eigenvalue weighted by atomic mass is 10.3. The van der Waals surface area contributed by atoms with Crippen LogP contribution in [0.5, 0.6) is 0 Å². The normalized spacial score (nSPS) is 29.7. The number of thiol groups is 1. The molecule has 0 aromatic heterocycles. The zero-order valence-electron chi connectivity index (χ0n) is 6.41. The molecule has 3 heteroatoms. The smallest absolute Gasteiger partial charge is 0.104 e. The van der Waals surface area contributed by atoms with Gasteiger partial charge in [-0.05, 0) is 6.92 Å². The van der Waals surface area contributed by atoms with Crippen LogP contribution in [0.25, 0.3) is 0 Å².